The van der Waals surface area contributed by atoms with Gasteiger partial charge in [0.05, 0.1) is 15.8 Å². The number of nitrogens with zero attached hydrogens (tertiary/aromatic N) is 4. The number of pyridine rings is 1. The number of benzene rings is 1. The largest absolute Gasteiger partial charge is 0.369 e. The molecule has 7 heteroatoms. The van der Waals surface area contributed by atoms with Gasteiger partial charge in [-0.05, 0) is 60.8 Å². The van der Waals surface area contributed by atoms with E-state index in [1.807, 2.05) is 32.2 Å². The van der Waals surface area contributed by atoms with Gasteiger partial charge in [0, 0.05) is 31.7 Å². The molecular formula is C27H27N5OS. The number of allylic oxidation sites excluding steroid dienone is 2. The van der Waals surface area contributed by atoms with E-state index in [4.69, 9.17) is 0 Å². The maximum Gasteiger partial charge on any atom is 0.264 e. The zero-order chi connectivity index (χ0) is 23.2. The maximum absolute atomic E-state index is 13.5. The van der Waals surface area contributed by atoms with Crippen molar-refractivity contribution in [3.8, 4) is 0 Å². The molecule has 1 N–H and O–H groups in total. The van der Waals surface area contributed by atoms with Crippen LogP contribution in [0.5, 0.6) is 0 Å². The molecule has 6 nitrogen and oxygen atoms in total. The number of carbonyl (C=O) groups is 1. The number of fused-ring (bicyclic) bond motifs is 4. The van der Waals surface area contributed by atoms with Crippen molar-refractivity contribution in [2.75, 3.05) is 18.9 Å². The number of rotatable bonds is 6. The van der Waals surface area contributed by atoms with Crippen molar-refractivity contribution < 1.29 is 4.79 Å². The van der Waals surface area contributed by atoms with E-state index in [0.717, 1.165) is 55.4 Å². The molecule has 3 aromatic heterocycles. The smallest absolute Gasteiger partial charge is 0.264 e. The number of hydrogen-bond acceptors (Lipinski definition) is 6. The summed E-state index contributed by atoms with van der Waals surface area (Å²) >= 11 is 1.45. The standard InChI is InChI=1S/C27H27N5OS/c1-16-23-25(29-13-20-12-17-8-9-18(20)11-17)30-15-31-26(23)34-24(16)27(33)32(2)14-19-5-3-7-22-21(19)6-4-10-28-22/h3-10,15,17-18,20H,11-14H2,1-2H3,(H,29,30,31)/t17-,18+,20-/m1/s1. The predicted octanol–water partition coefficient (Wildman–Crippen LogP) is 5.44. The number of thiophene rings is 1. The van der Waals surface area contributed by atoms with Gasteiger partial charge in [-0.2, -0.15) is 0 Å². The van der Waals surface area contributed by atoms with Crippen LogP contribution in [0, 0.1) is 24.7 Å². The first-order chi connectivity index (χ1) is 16.6. The first-order valence-electron chi connectivity index (χ1n) is 11.8. The van der Waals surface area contributed by atoms with E-state index >= 15 is 0 Å². The molecular weight excluding hydrogens is 442 g/mol. The zero-order valence-electron chi connectivity index (χ0n) is 19.4. The topological polar surface area (TPSA) is 71.0 Å². The van der Waals surface area contributed by atoms with Crippen LogP contribution < -0.4 is 5.32 Å². The van der Waals surface area contributed by atoms with Gasteiger partial charge in [0.25, 0.3) is 5.91 Å². The Kier molecular flexibility index (Phi) is 5.29. The lowest BCUT2D eigenvalue weighted by Crippen LogP contribution is -2.26. The van der Waals surface area contributed by atoms with Crippen LogP contribution in [0.15, 0.2) is 55.0 Å². The van der Waals surface area contributed by atoms with Crippen molar-refractivity contribution >= 4 is 44.2 Å². The third-order valence-electron chi connectivity index (χ3n) is 7.36. The summed E-state index contributed by atoms with van der Waals surface area (Å²) in [4.78, 5) is 30.3. The summed E-state index contributed by atoms with van der Waals surface area (Å²) in [6, 6.07) is 10.0. The molecule has 1 aromatic carbocycles. The van der Waals surface area contributed by atoms with Crippen molar-refractivity contribution in [1.82, 2.24) is 19.9 Å². The molecule has 172 valence electrons. The number of aromatic nitrogens is 3. The van der Waals surface area contributed by atoms with E-state index in [0.29, 0.717) is 18.4 Å². The van der Waals surface area contributed by atoms with Crippen molar-refractivity contribution in [2.45, 2.75) is 26.3 Å². The summed E-state index contributed by atoms with van der Waals surface area (Å²) in [5, 5.41) is 5.63. The van der Waals surface area contributed by atoms with Crippen LogP contribution >= 0.6 is 11.3 Å². The molecule has 0 unspecified atom stereocenters. The van der Waals surface area contributed by atoms with Gasteiger partial charge < -0.3 is 10.2 Å². The van der Waals surface area contributed by atoms with Crippen molar-refractivity contribution in [2.24, 2.45) is 17.8 Å². The molecule has 6 rings (SSSR count). The molecule has 0 aliphatic heterocycles. The van der Waals surface area contributed by atoms with Gasteiger partial charge in [0.15, 0.2) is 0 Å². The highest BCUT2D eigenvalue weighted by atomic mass is 32.1. The lowest BCUT2D eigenvalue weighted by atomic mass is 9.93. The van der Waals surface area contributed by atoms with E-state index in [2.05, 4.69) is 44.6 Å². The Morgan fingerprint density at radius 2 is 2.06 bits per heavy atom. The van der Waals surface area contributed by atoms with E-state index in [-0.39, 0.29) is 5.91 Å². The minimum absolute atomic E-state index is 0.00517. The quantitative estimate of drug-likeness (QED) is 0.381. The molecule has 1 saturated carbocycles. The molecule has 2 bridgehead atoms. The summed E-state index contributed by atoms with van der Waals surface area (Å²) in [5.41, 5.74) is 2.98. The SMILES string of the molecule is Cc1c(C(=O)N(C)Cc2cccc3ncccc23)sc2ncnc(NC[C@H]3C[C@@H]4C=C[C@H]3C4)c12. The van der Waals surface area contributed by atoms with Gasteiger partial charge in [-0.25, -0.2) is 9.97 Å². The first kappa shape index (κ1) is 21.2. The molecule has 4 aromatic rings. The summed E-state index contributed by atoms with van der Waals surface area (Å²) in [7, 11) is 1.86. The molecule has 0 saturated heterocycles. The fourth-order valence-electron chi connectivity index (χ4n) is 5.57. The van der Waals surface area contributed by atoms with Gasteiger partial charge in [0.1, 0.15) is 17.0 Å². The van der Waals surface area contributed by atoms with Gasteiger partial charge in [-0.1, -0.05) is 30.4 Å². The summed E-state index contributed by atoms with van der Waals surface area (Å²) in [6.07, 6.45) is 10.7. The Labute approximate surface area is 202 Å². The molecule has 2 aliphatic rings. The number of aryl methyl sites for hydroxylation is 1. The third kappa shape index (κ3) is 3.64. The fraction of sp³-hybridized carbons (Fsp3) is 0.333. The number of anilines is 1. The maximum atomic E-state index is 13.5. The molecule has 2 aliphatic carbocycles. The minimum Gasteiger partial charge on any atom is -0.369 e. The van der Waals surface area contributed by atoms with Gasteiger partial charge >= 0.3 is 0 Å². The average Bonchev–Trinajstić information content (AvgIpc) is 3.57. The monoisotopic (exact) mass is 469 g/mol. The first-order valence-corrected chi connectivity index (χ1v) is 12.6. The zero-order valence-corrected chi connectivity index (χ0v) is 20.2. The summed E-state index contributed by atoms with van der Waals surface area (Å²) in [6.45, 7) is 3.44. The van der Waals surface area contributed by atoms with E-state index in [9.17, 15) is 4.79 Å². The number of hydrogen-bond donors (Lipinski definition) is 1. The van der Waals surface area contributed by atoms with Crippen LogP contribution in [0.2, 0.25) is 0 Å². The molecule has 3 heterocycles. The average molecular weight is 470 g/mol. The van der Waals surface area contributed by atoms with Crippen LogP contribution in [-0.2, 0) is 6.54 Å². The summed E-state index contributed by atoms with van der Waals surface area (Å²) in [5.74, 6) is 2.94. The molecule has 3 atom stereocenters. The second-order valence-corrected chi connectivity index (χ2v) is 10.5. The second kappa shape index (κ2) is 8.47. The van der Waals surface area contributed by atoms with Crippen molar-refractivity contribution in [3.63, 3.8) is 0 Å². The highest BCUT2D eigenvalue weighted by molar-refractivity contribution is 7.20. The molecule has 0 spiro atoms. The number of amides is 1. The third-order valence-corrected chi connectivity index (χ3v) is 8.55. The molecule has 1 fully saturated rings. The highest BCUT2D eigenvalue weighted by Gasteiger charge is 2.35. The summed E-state index contributed by atoms with van der Waals surface area (Å²) < 4.78 is 0. The van der Waals surface area contributed by atoms with Crippen LogP contribution in [-0.4, -0.2) is 39.4 Å². The van der Waals surface area contributed by atoms with E-state index in [1.54, 1.807) is 17.4 Å². The molecule has 34 heavy (non-hydrogen) atoms. The Balaban J connectivity index is 1.24. The lowest BCUT2D eigenvalue weighted by molar-refractivity contribution is 0.0790. The van der Waals surface area contributed by atoms with Crippen molar-refractivity contribution in [1.29, 1.82) is 0 Å². The molecule has 0 radical (unpaired) electrons. The predicted molar refractivity (Wildman–Crippen MR) is 137 cm³/mol. The van der Waals surface area contributed by atoms with Gasteiger partial charge in [0.2, 0.25) is 0 Å². The number of carbonyl (C=O) groups excluding carboxylic acids is 1. The van der Waals surface area contributed by atoms with Crippen LogP contribution in [0.1, 0.15) is 33.6 Å². The van der Waals surface area contributed by atoms with Gasteiger partial charge in [-0.3, -0.25) is 9.78 Å². The minimum atomic E-state index is 0.00517. The molecule has 1 amide bonds. The Morgan fingerprint density at radius 3 is 2.88 bits per heavy atom. The van der Waals surface area contributed by atoms with Crippen LogP contribution in [0.4, 0.5) is 5.82 Å². The lowest BCUT2D eigenvalue weighted by Gasteiger charge is -2.19. The second-order valence-electron chi connectivity index (χ2n) is 9.53. The number of nitrogens with one attached hydrogen (secondary N) is 1. The Hall–Kier alpha value is -3.32. The van der Waals surface area contributed by atoms with Crippen LogP contribution in [0.25, 0.3) is 21.1 Å². The van der Waals surface area contributed by atoms with Crippen LogP contribution in [0.3, 0.4) is 0 Å². The van der Waals surface area contributed by atoms with E-state index < -0.39 is 0 Å². The van der Waals surface area contributed by atoms with Gasteiger partial charge in [-0.15, -0.1) is 11.3 Å². The highest BCUT2D eigenvalue weighted by Crippen LogP contribution is 2.43. The Bertz CT molecular complexity index is 1420. The van der Waals surface area contributed by atoms with Crippen molar-refractivity contribution in [3.05, 3.63) is 71.0 Å². The van der Waals surface area contributed by atoms with E-state index in [1.165, 1.54) is 24.2 Å². The fourth-order valence-corrected chi connectivity index (χ4v) is 6.72. The normalized spacial score (nSPS) is 20.9. The Morgan fingerprint density at radius 1 is 1.15 bits per heavy atom.